The van der Waals surface area contributed by atoms with E-state index in [1.165, 1.54) is 13.0 Å². The standard InChI is InChI=1S/C16H11BrClN3O5/c1-7-13(16(17)20(24)8(2)14(7)18)10(6-19)3-9-4-11(21(25)26)15(23)12(22)5-9/h3-5,22-23H,1-2H3/b10-3+. The molecule has 0 atom stereocenters. The Kier molecular flexibility index (Phi) is 5.39. The maximum absolute atomic E-state index is 12.2. The Morgan fingerprint density at radius 2 is 2.04 bits per heavy atom. The first-order valence-corrected chi connectivity index (χ1v) is 8.17. The van der Waals surface area contributed by atoms with Crippen LogP contribution < -0.4 is 4.73 Å². The number of phenols is 2. The molecule has 26 heavy (non-hydrogen) atoms. The Morgan fingerprint density at radius 1 is 1.42 bits per heavy atom. The van der Waals surface area contributed by atoms with Crippen LogP contribution in [0.1, 0.15) is 22.4 Å². The Bertz CT molecular complexity index is 985. The van der Waals surface area contributed by atoms with E-state index in [1.54, 1.807) is 6.92 Å². The minimum absolute atomic E-state index is 0.0136. The first kappa shape index (κ1) is 19.5. The lowest BCUT2D eigenvalue weighted by molar-refractivity contribution is -0.624. The van der Waals surface area contributed by atoms with Gasteiger partial charge in [-0.3, -0.25) is 10.1 Å². The maximum atomic E-state index is 12.2. The van der Waals surface area contributed by atoms with Gasteiger partial charge in [0.05, 0.1) is 16.1 Å². The van der Waals surface area contributed by atoms with Crippen molar-refractivity contribution in [3.8, 4) is 17.6 Å². The van der Waals surface area contributed by atoms with Crippen molar-refractivity contribution in [2.24, 2.45) is 0 Å². The fraction of sp³-hybridized carbons (Fsp3) is 0.125. The Labute approximate surface area is 161 Å². The van der Waals surface area contributed by atoms with Crippen molar-refractivity contribution in [3.63, 3.8) is 0 Å². The Hall–Kier alpha value is -2.83. The van der Waals surface area contributed by atoms with Crippen LogP contribution in [0.3, 0.4) is 0 Å². The Morgan fingerprint density at radius 3 is 2.58 bits per heavy atom. The van der Waals surface area contributed by atoms with Gasteiger partial charge in [-0.2, -0.15) is 9.99 Å². The van der Waals surface area contributed by atoms with Gasteiger partial charge in [-0.25, -0.2) is 0 Å². The van der Waals surface area contributed by atoms with Gasteiger partial charge in [-0.05, 0) is 30.2 Å². The summed E-state index contributed by atoms with van der Waals surface area (Å²) in [4.78, 5) is 10.1. The monoisotopic (exact) mass is 439 g/mol. The van der Waals surface area contributed by atoms with E-state index in [1.807, 2.05) is 6.07 Å². The summed E-state index contributed by atoms with van der Waals surface area (Å²) in [7, 11) is 0. The normalized spacial score (nSPS) is 11.3. The predicted molar refractivity (Wildman–Crippen MR) is 97.5 cm³/mol. The molecule has 134 valence electrons. The van der Waals surface area contributed by atoms with E-state index in [9.17, 15) is 30.8 Å². The number of rotatable bonds is 3. The van der Waals surface area contributed by atoms with E-state index in [4.69, 9.17) is 11.6 Å². The highest BCUT2D eigenvalue weighted by Crippen LogP contribution is 2.38. The minimum Gasteiger partial charge on any atom is -0.618 e. The van der Waals surface area contributed by atoms with Gasteiger partial charge in [-0.15, -0.1) is 0 Å². The third kappa shape index (κ3) is 3.29. The highest BCUT2D eigenvalue weighted by Gasteiger charge is 2.24. The van der Waals surface area contributed by atoms with Crippen LogP contribution in [0.5, 0.6) is 11.5 Å². The molecule has 1 aromatic heterocycles. The number of aromatic nitrogens is 1. The van der Waals surface area contributed by atoms with Crippen molar-refractivity contribution in [1.82, 2.24) is 0 Å². The first-order valence-electron chi connectivity index (χ1n) is 7.00. The van der Waals surface area contributed by atoms with Crippen LogP contribution in [-0.2, 0) is 0 Å². The fourth-order valence-corrected chi connectivity index (χ4v) is 3.31. The SMILES string of the molecule is Cc1c(Cl)c(C)[n+]([O-])c(Br)c1/C(C#N)=C/c1cc(O)c(O)c([N+](=O)[O-])c1. The van der Waals surface area contributed by atoms with Crippen LogP contribution in [0.15, 0.2) is 16.7 Å². The lowest BCUT2D eigenvalue weighted by Crippen LogP contribution is -2.34. The molecular formula is C16H11BrClN3O5. The molecule has 1 aromatic carbocycles. The third-order valence-electron chi connectivity index (χ3n) is 3.70. The minimum atomic E-state index is -0.876. The predicted octanol–water partition coefficient (Wildman–Crippen LogP) is 3.74. The summed E-state index contributed by atoms with van der Waals surface area (Å²) in [6.45, 7) is 3.14. The third-order valence-corrected chi connectivity index (χ3v) is 4.98. The molecule has 0 radical (unpaired) electrons. The zero-order valence-electron chi connectivity index (χ0n) is 13.4. The van der Waals surface area contributed by atoms with Crippen LogP contribution in [-0.4, -0.2) is 15.1 Å². The van der Waals surface area contributed by atoms with E-state index in [-0.39, 0.29) is 32.0 Å². The van der Waals surface area contributed by atoms with Gasteiger partial charge in [0.25, 0.3) is 4.60 Å². The van der Waals surface area contributed by atoms with E-state index >= 15 is 0 Å². The number of hydrogen-bond acceptors (Lipinski definition) is 6. The lowest BCUT2D eigenvalue weighted by atomic mass is 10.00. The molecule has 0 aliphatic rings. The highest BCUT2D eigenvalue weighted by molar-refractivity contribution is 9.10. The molecule has 2 rings (SSSR count). The van der Waals surface area contributed by atoms with Crippen molar-refractivity contribution >= 4 is 44.9 Å². The van der Waals surface area contributed by atoms with E-state index in [0.29, 0.717) is 10.3 Å². The number of pyridine rings is 1. The molecule has 0 bridgehead atoms. The summed E-state index contributed by atoms with van der Waals surface area (Å²) in [5.41, 5.74) is 0.283. The molecule has 0 saturated heterocycles. The Balaban J connectivity index is 2.76. The molecule has 0 aliphatic heterocycles. The fourth-order valence-electron chi connectivity index (χ4n) is 2.36. The van der Waals surface area contributed by atoms with Crippen molar-refractivity contribution in [2.75, 3.05) is 0 Å². The smallest absolute Gasteiger partial charge is 0.315 e. The molecule has 10 heteroatoms. The maximum Gasteiger partial charge on any atom is 0.315 e. The number of nitro groups is 1. The second-order valence-electron chi connectivity index (χ2n) is 5.32. The quantitative estimate of drug-likeness (QED) is 0.142. The van der Waals surface area contributed by atoms with Crippen LogP contribution >= 0.6 is 27.5 Å². The zero-order valence-corrected chi connectivity index (χ0v) is 15.8. The summed E-state index contributed by atoms with van der Waals surface area (Å²) < 4.78 is 0.578. The summed E-state index contributed by atoms with van der Waals surface area (Å²) in [5, 5.41) is 52.0. The van der Waals surface area contributed by atoms with Gasteiger partial charge in [0, 0.05) is 28.9 Å². The van der Waals surface area contributed by atoms with Gasteiger partial charge >= 0.3 is 5.69 Å². The van der Waals surface area contributed by atoms with Gasteiger partial charge < -0.3 is 15.4 Å². The second kappa shape index (κ2) is 7.19. The molecule has 0 spiro atoms. The topological polar surface area (TPSA) is 134 Å². The van der Waals surface area contributed by atoms with Crippen molar-refractivity contribution in [3.05, 3.63) is 59.5 Å². The second-order valence-corrected chi connectivity index (χ2v) is 6.45. The van der Waals surface area contributed by atoms with E-state index in [0.717, 1.165) is 12.1 Å². The largest absolute Gasteiger partial charge is 0.618 e. The number of nitro benzene ring substituents is 1. The molecule has 0 fully saturated rings. The van der Waals surface area contributed by atoms with Crippen LogP contribution in [0.4, 0.5) is 5.69 Å². The van der Waals surface area contributed by atoms with Gasteiger partial charge in [-0.1, -0.05) is 11.6 Å². The molecule has 0 aliphatic carbocycles. The van der Waals surface area contributed by atoms with Crippen LogP contribution in [0.2, 0.25) is 5.02 Å². The first-order chi connectivity index (χ1) is 12.1. The summed E-state index contributed by atoms with van der Waals surface area (Å²) in [6.07, 6.45) is 1.24. The zero-order chi connectivity index (χ0) is 19.8. The average molecular weight is 441 g/mol. The van der Waals surface area contributed by atoms with Crippen LogP contribution in [0, 0.1) is 40.5 Å². The number of allylic oxidation sites excluding steroid dienone is 1. The van der Waals surface area contributed by atoms with Crippen molar-refractivity contribution in [2.45, 2.75) is 13.8 Å². The number of halogens is 2. The van der Waals surface area contributed by atoms with Crippen molar-refractivity contribution < 1.29 is 19.9 Å². The number of nitriles is 1. The number of nitrogens with zero attached hydrogens (tertiary/aromatic N) is 3. The summed E-state index contributed by atoms with van der Waals surface area (Å²) in [6, 6.07) is 3.97. The molecule has 8 nitrogen and oxygen atoms in total. The lowest BCUT2D eigenvalue weighted by Gasteiger charge is -2.12. The molecule has 2 N–H and O–H groups in total. The number of hydrogen-bond donors (Lipinski definition) is 2. The highest BCUT2D eigenvalue weighted by atomic mass is 79.9. The van der Waals surface area contributed by atoms with E-state index < -0.39 is 22.1 Å². The van der Waals surface area contributed by atoms with Crippen molar-refractivity contribution in [1.29, 1.82) is 5.26 Å². The molecular weight excluding hydrogens is 430 g/mol. The van der Waals surface area contributed by atoms with Gasteiger partial charge in [0.2, 0.25) is 11.4 Å². The van der Waals surface area contributed by atoms with Gasteiger partial charge in [0.1, 0.15) is 11.1 Å². The van der Waals surface area contributed by atoms with Gasteiger partial charge in [0.15, 0.2) is 5.75 Å². The number of aromatic hydroxyl groups is 2. The molecule has 0 unspecified atom stereocenters. The van der Waals surface area contributed by atoms with Crippen LogP contribution in [0.25, 0.3) is 11.6 Å². The summed E-state index contributed by atoms with van der Waals surface area (Å²) in [5.74, 6) is -1.59. The molecule has 2 aromatic rings. The number of benzene rings is 1. The molecule has 0 saturated carbocycles. The average Bonchev–Trinajstić information content (AvgIpc) is 2.59. The summed E-state index contributed by atoms with van der Waals surface area (Å²) >= 11 is 9.27. The molecule has 1 heterocycles. The number of phenolic OH excluding ortho intramolecular Hbond substituents is 2. The van der Waals surface area contributed by atoms with E-state index in [2.05, 4.69) is 15.9 Å². The molecule has 0 amide bonds.